The molecule has 0 fully saturated rings. The van der Waals surface area contributed by atoms with Gasteiger partial charge >= 0.3 is 5.97 Å². The predicted octanol–water partition coefficient (Wildman–Crippen LogP) is 3.56. The zero-order valence-electron chi connectivity index (χ0n) is 13.3. The minimum atomic E-state index is -0.369. The monoisotopic (exact) mass is 291 g/mol. The Morgan fingerprint density at radius 2 is 1.71 bits per heavy atom. The molecule has 4 nitrogen and oxygen atoms in total. The molecule has 0 aliphatic heterocycles. The number of benzene rings is 1. The maximum Gasteiger partial charge on any atom is 0.308 e. The van der Waals surface area contributed by atoms with Gasteiger partial charge in [-0.15, -0.1) is 0 Å². The zero-order valence-corrected chi connectivity index (χ0v) is 13.3. The summed E-state index contributed by atoms with van der Waals surface area (Å²) in [6, 6.07) is 6.73. The summed E-state index contributed by atoms with van der Waals surface area (Å²) >= 11 is 0. The standard InChI is InChI=1S/C17H25NO3/c1-12(2)6-5-7-13(3)18-17(20)15-8-10-16(11-9-15)21-14(4)19/h8-13H,5-7H2,1-4H3,(H,18,20)/t13-/m1/s1. The quantitative estimate of drug-likeness (QED) is 0.617. The van der Waals surface area contributed by atoms with E-state index >= 15 is 0 Å². The Morgan fingerprint density at radius 1 is 1.10 bits per heavy atom. The van der Waals surface area contributed by atoms with Crippen LogP contribution in [0.4, 0.5) is 0 Å². The Balaban J connectivity index is 2.45. The number of ether oxygens (including phenoxy) is 1. The lowest BCUT2D eigenvalue weighted by Crippen LogP contribution is -2.32. The first-order chi connectivity index (χ1) is 9.88. The molecule has 0 saturated carbocycles. The van der Waals surface area contributed by atoms with Gasteiger partial charge in [-0.25, -0.2) is 0 Å². The molecule has 1 aromatic carbocycles. The summed E-state index contributed by atoms with van der Waals surface area (Å²) in [7, 11) is 0. The summed E-state index contributed by atoms with van der Waals surface area (Å²) in [4.78, 5) is 22.9. The first-order valence-electron chi connectivity index (χ1n) is 7.48. The molecule has 1 atom stereocenters. The summed E-state index contributed by atoms with van der Waals surface area (Å²) in [6.45, 7) is 7.77. The first kappa shape index (κ1) is 17.2. The van der Waals surface area contributed by atoms with E-state index in [-0.39, 0.29) is 17.9 Å². The van der Waals surface area contributed by atoms with Gasteiger partial charge in [0.25, 0.3) is 5.91 Å². The van der Waals surface area contributed by atoms with Crippen molar-refractivity contribution in [2.24, 2.45) is 5.92 Å². The van der Waals surface area contributed by atoms with Crippen LogP contribution in [0.1, 0.15) is 57.3 Å². The van der Waals surface area contributed by atoms with Crippen molar-refractivity contribution in [1.82, 2.24) is 5.32 Å². The van der Waals surface area contributed by atoms with E-state index in [2.05, 4.69) is 19.2 Å². The number of hydrogen-bond donors (Lipinski definition) is 1. The molecule has 0 bridgehead atoms. The van der Waals surface area contributed by atoms with Crippen molar-refractivity contribution in [3.05, 3.63) is 29.8 Å². The SMILES string of the molecule is CC(=O)Oc1ccc(C(=O)N[C@H](C)CCCC(C)C)cc1. The molecule has 0 aliphatic carbocycles. The zero-order chi connectivity index (χ0) is 15.8. The van der Waals surface area contributed by atoms with Crippen LogP contribution in [-0.4, -0.2) is 17.9 Å². The molecular formula is C17H25NO3. The van der Waals surface area contributed by atoms with Gasteiger partial charge in [0.15, 0.2) is 0 Å². The van der Waals surface area contributed by atoms with Gasteiger partial charge in [-0.05, 0) is 43.5 Å². The fraction of sp³-hybridized carbons (Fsp3) is 0.529. The number of carbonyl (C=O) groups excluding carboxylic acids is 2. The van der Waals surface area contributed by atoms with Gasteiger partial charge in [-0.3, -0.25) is 9.59 Å². The molecule has 0 aromatic heterocycles. The van der Waals surface area contributed by atoms with Gasteiger partial charge in [-0.2, -0.15) is 0 Å². The van der Waals surface area contributed by atoms with Crippen molar-refractivity contribution < 1.29 is 14.3 Å². The minimum Gasteiger partial charge on any atom is -0.427 e. The van der Waals surface area contributed by atoms with Crippen molar-refractivity contribution in [2.75, 3.05) is 0 Å². The van der Waals surface area contributed by atoms with Gasteiger partial charge in [-0.1, -0.05) is 26.7 Å². The summed E-state index contributed by atoms with van der Waals surface area (Å²) in [5.41, 5.74) is 0.571. The topological polar surface area (TPSA) is 55.4 Å². The lowest BCUT2D eigenvalue weighted by atomic mass is 10.0. The lowest BCUT2D eigenvalue weighted by molar-refractivity contribution is -0.131. The van der Waals surface area contributed by atoms with Crippen molar-refractivity contribution in [1.29, 1.82) is 0 Å². The summed E-state index contributed by atoms with van der Waals surface area (Å²) in [5, 5.41) is 2.98. The van der Waals surface area contributed by atoms with Crippen LogP contribution in [0, 0.1) is 5.92 Å². The van der Waals surface area contributed by atoms with E-state index < -0.39 is 0 Å². The molecular weight excluding hydrogens is 266 g/mol. The van der Waals surface area contributed by atoms with Crippen LogP contribution in [0.2, 0.25) is 0 Å². The van der Waals surface area contributed by atoms with Crippen molar-refractivity contribution in [3.8, 4) is 5.75 Å². The van der Waals surface area contributed by atoms with Crippen LogP contribution in [0.15, 0.2) is 24.3 Å². The second-order valence-corrected chi connectivity index (χ2v) is 5.82. The molecule has 1 amide bonds. The predicted molar refractivity (Wildman–Crippen MR) is 83.4 cm³/mol. The molecule has 0 aliphatic rings. The number of hydrogen-bond acceptors (Lipinski definition) is 3. The molecule has 0 unspecified atom stereocenters. The molecule has 116 valence electrons. The summed E-state index contributed by atoms with van der Waals surface area (Å²) in [5.74, 6) is 0.679. The van der Waals surface area contributed by atoms with Crippen LogP contribution >= 0.6 is 0 Å². The molecule has 0 spiro atoms. The average molecular weight is 291 g/mol. The van der Waals surface area contributed by atoms with E-state index in [4.69, 9.17) is 4.74 Å². The molecule has 1 rings (SSSR count). The fourth-order valence-corrected chi connectivity index (χ4v) is 2.05. The van der Waals surface area contributed by atoms with Crippen molar-refractivity contribution in [3.63, 3.8) is 0 Å². The molecule has 21 heavy (non-hydrogen) atoms. The van der Waals surface area contributed by atoms with Crippen molar-refractivity contribution >= 4 is 11.9 Å². The third-order valence-electron chi connectivity index (χ3n) is 3.17. The Labute approximate surface area is 126 Å². The smallest absolute Gasteiger partial charge is 0.308 e. The molecule has 0 radical (unpaired) electrons. The number of rotatable bonds is 7. The van der Waals surface area contributed by atoms with Crippen molar-refractivity contribution in [2.45, 2.75) is 53.0 Å². The molecule has 0 heterocycles. The molecule has 1 aromatic rings. The lowest BCUT2D eigenvalue weighted by Gasteiger charge is -2.14. The van der Waals surface area contributed by atoms with E-state index in [1.807, 2.05) is 6.92 Å². The maximum absolute atomic E-state index is 12.1. The van der Waals surface area contributed by atoms with E-state index in [0.29, 0.717) is 17.2 Å². The normalized spacial score (nSPS) is 12.0. The number of esters is 1. The molecule has 1 N–H and O–H groups in total. The van der Waals surface area contributed by atoms with Crippen LogP contribution in [0.25, 0.3) is 0 Å². The van der Waals surface area contributed by atoms with Gasteiger partial charge in [0.1, 0.15) is 5.75 Å². The van der Waals surface area contributed by atoms with Gasteiger partial charge < -0.3 is 10.1 Å². The van der Waals surface area contributed by atoms with Crippen LogP contribution in [-0.2, 0) is 4.79 Å². The second kappa shape index (κ2) is 8.45. The third-order valence-corrected chi connectivity index (χ3v) is 3.17. The highest BCUT2D eigenvalue weighted by atomic mass is 16.5. The Morgan fingerprint density at radius 3 is 2.24 bits per heavy atom. The Bertz CT molecular complexity index is 465. The van der Waals surface area contributed by atoms with Gasteiger partial charge in [0.05, 0.1) is 0 Å². The highest BCUT2D eigenvalue weighted by molar-refractivity contribution is 5.94. The maximum atomic E-state index is 12.1. The van der Waals surface area contributed by atoms with E-state index in [1.54, 1.807) is 24.3 Å². The third kappa shape index (κ3) is 6.93. The summed E-state index contributed by atoms with van der Waals surface area (Å²) < 4.78 is 4.93. The number of amides is 1. The highest BCUT2D eigenvalue weighted by Gasteiger charge is 2.10. The first-order valence-corrected chi connectivity index (χ1v) is 7.48. The van der Waals surface area contributed by atoms with Crippen LogP contribution in [0.5, 0.6) is 5.75 Å². The van der Waals surface area contributed by atoms with E-state index in [1.165, 1.54) is 13.3 Å². The largest absolute Gasteiger partial charge is 0.427 e. The molecule has 0 saturated heterocycles. The average Bonchev–Trinajstić information content (AvgIpc) is 2.38. The van der Waals surface area contributed by atoms with E-state index in [9.17, 15) is 9.59 Å². The van der Waals surface area contributed by atoms with Crippen LogP contribution in [0.3, 0.4) is 0 Å². The van der Waals surface area contributed by atoms with Gasteiger partial charge in [0, 0.05) is 18.5 Å². The molecule has 4 heteroatoms. The van der Waals surface area contributed by atoms with Crippen LogP contribution < -0.4 is 10.1 Å². The second-order valence-electron chi connectivity index (χ2n) is 5.82. The van der Waals surface area contributed by atoms with E-state index in [0.717, 1.165) is 12.8 Å². The fourth-order valence-electron chi connectivity index (χ4n) is 2.05. The summed E-state index contributed by atoms with van der Waals surface area (Å²) in [6.07, 6.45) is 3.28. The Kier molecular flexibility index (Phi) is 6.92. The highest BCUT2D eigenvalue weighted by Crippen LogP contribution is 2.13. The number of nitrogens with one attached hydrogen (secondary N) is 1. The van der Waals surface area contributed by atoms with Gasteiger partial charge in [0.2, 0.25) is 0 Å². The number of carbonyl (C=O) groups is 2. The minimum absolute atomic E-state index is 0.0959. The Hall–Kier alpha value is -1.84.